The molecule has 144 valence electrons. The third kappa shape index (κ3) is 4.83. The number of thiophene rings is 1. The number of amides is 1. The van der Waals surface area contributed by atoms with E-state index in [1.165, 1.54) is 35.6 Å². The lowest BCUT2D eigenvalue weighted by atomic mass is 10.1. The summed E-state index contributed by atoms with van der Waals surface area (Å²) in [4.78, 5) is 25.8. The fourth-order valence-corrected chi connectivity index (χ4v) is 3.60. The maximum atomic E-state index is 12.9. The second-order valence-electron chi connectivity index (χ2n) is 5.83. The molecule has 9 heteroatoms. The second-order valence-corrected chi connectivity index (χ2v) is 8.34. The van der Waals surface area contributed by atoms with E-state index < -0.39 is 22.1 Å². The number of anilines is 1. The Morgan fingerprint density at radius 1 is 0.929 bits per heavy atom. The van der Waals surface area contributed by atoms with Gasteiger partial charge in [0.2, 0.25) is 15.8 Å². The standard InChI is InChI=1S/C19H17N3O4S2/c20-28(25,26)15-10-8-14(9-11-15)21-18(17(23)13-5-2-1-3-6-13)22-19(24)16-7-4-12-27-16/h1-12,18,21H,(H,22,24)(H2,20,25,26)/t18-/m0/s1. The summed E-state index contributed by atoms with van der Waals surface area (Å²) in [6, 6.07) is 17.5. The van der Waals surface area contributed by atoms with Crippen molar-refractivity contribution in [3.05, 3.63) is 82.6 Å². The zero-order valence-electron chi connectivity index (χ0n) is 14.5. The molecule has 4 N–H and O–H groups in total. The third-order valence-electron chi connectivity index (χ3n) is 3.83. The first kappa shape index (κ1) is 19.7. The number of carbonyl (C=O) groups is 2. The highest BCUT2D eigenvalue weighted by Crippen LogP contribution is 2.16. The molecule has 0 aliphatic rings. The molecule has 0 saturated carbocycles. The van der Waals surface area contributed by atoms with Crippen LogP contribution in [0.25, 0.3) is 0 Å². The second kappa shape index (κ2) is 8.34. The van der Waals surface area contributed by atoms with Gasteiger partial charge < -0.3 is 10.6 Å². The number of carbonyl (C=O) groups excluding carboxylic acids is 2. The average Bonchev–Trinajstić information content (AvgIpc) is 3.22. The van der Waals surface area contributed by atoms with Crippen molar-refractivity contribution in [2.75, 3.05) is 5.32 Å². The number of ketones is 1. The van der Waals surface area contributed by atoms with E-state index in [1.54, 1.807) is 47.8 Å². The summed E-state index contributed by atoms with van der Waals surface area (Å²) in [5.41, 5.74) is 0.876. The van der Waals surface area contributed by atoms with Gasteiger partial charge in [-0.1, -0.05) is 36.4 Å². The maximum absolute atomic E-state index is 12.9. The summed E-state index contributed by atoms with van der Waals surface area (Å²) < 4.78 is 22.8. The van der Waals surface area contributed by atoms with Crippen LogP contribution >= 0.6 is 11.3 Å². The molecule has 1 atom stereocenters. The monoisotopic (exact) mass is 415 g/mol. The van der Waals surface area contributed by atoms with Crippen LogP contribution in [0.2, 0.25) is 0 Å². The van der Waals surface area contributed by atoms with Gasteiger partial charge in [0.05, 0.1) is 9.77 Å². The predicted octanol–water partition coefficient (Wildman–Crippen LogP) is 2.45. The number of hydrogen-bond donors (Lipinski definition) is 3. The zero-order chi connectivity index (χ0) is 20.1. The molecule has 0 unspecified atom stereocenters. The van der Waals surface area contributed by atoms with E-state index in [1.807, 2.05) is 0 Å². The van der Waals surface area contributed by atoms with Gasteiger partial charge in [-0.2, -0.15) is 0 Å². The van der Waals surface area contributed by atoms with Crippen molar-refractivity contribution in [2.24, 2.45) is 5.14 Å². The van der Waals surface area contributed by atoms with E-state index >= 15 is 0 Å². The number of primary sulfonamides is 1. The van der Waals surface area contributed by atoms with E-state index in [0.717, 1.165) is 0 Å². The summed E-state index contributed by atoms with van der Waals surface area (Å²) in [6.07, 6.45) is -1.04. The minimum atomic E-state index is -3.82. The van der Waals surface area contributed by atoms with Gasteiger partial charge in [-0.05, 0) is 35.7 Å². The van der Waals surface area contributed by atoms with Crippen LogP contribution in [0.15, 0.2) is 77.0 Å². The van der Waals surface area contributed by atoms with Crippen molar-refractivity contribution in [2.45, 2.75) is 11.1 Å². The van der Waals surface area contributed by atoms with Gasteiger partial charge in [-0.25, -0.2) is 13.6 Å². The van der Waals surface area contributed by atoms with Gasteiger partial charge in [0.25, 0.3) is 5.91 Å². The molecule has 0 bridgehead atoms. The molecule has 1 heterocycles. The lowest BCUT2D eigenvalue weighted by Crippen LogP contribution is -2.46. The van der Waals surface area contributed by atoms with Crippen molar-refractivity contribution >= 4 is 38.7 Å². The van der Waals surface area contributed by atoms with Crippen LogP contribution in [0.1, 0.15) is 20.0 Å². The third-order valence-corrected chi connectivity index (χ3v) is 5.63. The van der Waals surface area contributed by atoms with E-state index in [0.29, 0.717) is 16.1 Å². The van der Waals surface area contributed by atoms with Crippen LogP contribution in [-0.4, -0.2) is 26.3 Å². The van der Waals surface area contributed by atoms with E-state index in [9.17, 15) is 18.0 Å². The van der Waals surface area contributed by atoms with E-state index in [2.05, 4.69) is 10.6 Å². The number of rotatable bonds is 7. The molecule has 2 aromatic carbocycles. The van der Waals surface area contributed by atoms with Crippen LogP contribution < -0.4 is 15.8 Å². The zero-order valence-corrected chi connectivity index (χ0v) is 16.2. The Labute approximate surface area is 166 Å². The Bertz CT molecular complexity index is 1060. The fraction of sp³-hybridized carbons (Fsp3) is 0.0526. The summed E-state index contributed by atoms with van der Waals surface area (Å²) in [6.45, 7) is 0. The van der Waals surface area contributed by atoms with Crippen LogP contribution in [0.5, 0.6) is 0 Å². The molecule has 0 radical (unpaired) electrons. The molecule has 0 aliphatic heterocycles. The molecule has 7 nitrogen and oxygen atoms in total. The summed E-state index contributed by atoms with van der Waals surface area (Å²) >= 11 is 1.26. The summed E-state index contributed by atoms with van der Waals surface area (Å²) in [5, 5.41) is 12.5. The molecule has 3 aromatic rings. The first-order chi connectivity index (χ1) is 13.3. The lowest BCUT2D eigenvalue weighted by Gasteiger charge is -2.20. The van der Waals surface area contributed by atoms with Crippen LogP contribution in [0.4, 0.5) is 5.69 Å². The van der Waals surface area contributed by atoms with Gasteiger partial charge in [-0.15, -0.1) is 11.3 Å². The average molecular weight is 415 g/mol. The number of benzene rings is 2. The predicted molar refractivity (Wildman–Crippen MR) is 108 cm³/mol. The molecular formula is C19H17N3O4S2. The van der Waals surface area contributed by atoms with Crippen LogP contribution in [0, 0.1) is 0 Å². The van der Waals surface area contributed by atoms with E-state index in [4.69, 9.17) is 5.14 Å². The number of nitrogens with one attached hydrogen (secondary N) is 2. The molecule has 3 rings (SSSR count). The molecule has 1 amide bonds. The quantitative estimate of drug-likeness (QED) is 0.405. The fourth-order valence-electron chi connectivity index (χ4n) is 2.45. The van der Waals surface area contributed by atoms with Crippen molar-refractivity contribution < 1.29 is 18.0 Å². The van der Waals surface area contributed by atoms with Gasteiger partial charge in [-0.3, -0.25) is 9.59 Å². The minimum Gasteiger partial charge on any atom is -0.359 e. The number of sulfonamides is 1. The molecule has 28 heavy (non-hydrogen) atoms. The Hall–Kier alpha value is -3.01. The Kier molecular flexibility index (Phi) is 5.88. The van der Waals surface area contributed by atoms with E-state index in [-0.39, 0.29) is 10.7 Å². The van der Waals surface area contributed by atoms with Gasteiger partial charge in [0.1, 0.15) is 0 Å². The number of nitrogens with two attached hydrogens (primary N) is 1. The molecule has 0 saturated heterocycles. The topological polar surface area (TPSA) is 118 Å². The smallest absolute Gasteiger partial charge is 0.263 e. The van der Waals surface area contributed by atoms with Gasteiger partial charge in [0, 0.05) is 11.3 Å². The molecule has 0 fully saturated rings. The molecule has 0 aliphatic carbocycles. The molecule has 0 spiro atoms. The lowest BCUT2D eigenvalue weighted by molar-refractivity contribution is 0.0872. The van der Waals surface area contributed by atoms with Crippen molar-refractivity contribution in [3.63, 3.8) is 0 Å². The Morgan fingerprint density at radius 3 is 2.18 bits per heavy atom. The van der Waals surface area contributed by atoms with Gasteiger partial charge in [0.15, 0.2) is 6.17 Å². The SMILES string of the molecule is NS(=O)(=O)c1ccc(N[C@@H](NC(=O)c2cccs2)C(=O)c2ccccc2)cc1. The largest absolute Gasteiger partial charge is 0.359 e. The summed E-state index contributed by atoms with van der Waals surface area (Å²) in [7, 11) is -3.82. The van der Waals surface area contributed by atoms with Crippen LogP contribution in [0.3, 0.4) is 0 Å². The highest BCUT2D eigenvalue weighted by Gasteiger charge is 2.23. The Morgan fingerprint density at radius 2 is 1.61 bits per heavy atom. The Balaban J connectivity index is 1.85. The first-order valence-corrected chi connectivity index (χ1v) is 10.6. The van der Waals surface area contributed by atoms with Crippen molar-refractivity contribution in [1.29, 1.82) is 0 Å². The van der Waals surface area contributed by atoms with Gasteiger partial charge >= 0.3 is 0 Å². The first-order valence-electron chi connectivity index (χ1n) is 8.17. The molecular weight excluding hydrogens is 398 g/mol. The maximum Gasteiger partial charge on any atom is 0.263 e. The van der Waals surface area contributed by atoms with Crippen LogP contribution in [-0.2, 0) is 10.0 Å². The highest BCUT2D eigenvalue weighted by molar-refractivity contribution is 7.89. The molecule has 1 aromatic heterocycles. The highest BCUT2D eigenvalue weighted by atomic mass is 32.2. The minimum absolute atomic E-state index is 0.0494. The van der Waals surface area contributed by atoms with Crippen molar-refractivity contribution in [3.8, 4) is 0 Å². The number of Topliss-reactive ketones (excluding diaryl/α,β-unsaturated/α-hetero) is 1. The normalized spacial score (nSPS) is 12.2. The van der Waals surface area contributed by atoms with Crippen molar-refractivity contribution in [1.82, 2.24) is 5.32 Å². The number of hydrogen-bond acceptors (Lipinski definition) is 6. The summed E-state index contributed by atoms with van der Waals surface area (Å²) in [5.74, 6) is -0.723.